The zero-order chi connectivity index (χ0) is 11.1. The summed E-state index contributed by atoms with van der Waals surface area (Å²) in [6.45, 7) is 1.91. The second-order valence-electron chi connectivity index (χ2n) is 4.19. The monoisotopic (exact) mass is 216 g/mol. The van der Waals surface area contributed by atoms with Gasteiger partial charge >= 0.3 is 0 Å². The predicted molar refractivity (Wildman–Crippen MR) is 58.7 cm³/mol. The number of nitrogens with zero attached hydrogens (tertiary/aromatic N) is 3. The van der Waals surface area contributed by atoms with Crippen LogP contribution >= 0.6 is 0 Å². The van der Waals surface area contributed by atoms with Crippen molar-refractivity contribution in [2.75, 3.05) is 0 Å². The Balaban J connectivity index is 2.09. The molecule has 0 unspecified atom stereocenters. The van der Waals surface area contributed by atoms with Crippen molar-refractivity contribution in [3.63, 3.8) is 0 Å². The molecule has 16 heavy (non-hydrogen) atoms. The van der Waals surface area contributed by atoms with Crippen LogP contribution in [0.4, 0.5) is 0 Å². The number of H-pyrrole nitrogens is 1. The molecule has 82 valence electrons. The van der Waals surface area contributed by atoms with Gasteiger partial charge in [0.1, 0.15) is 18.0 Å². The van der Waals surface area contributed by atoms with E-state index in [9.17, 15) is 4.79 Å². The average Bonchev–Trinajstić information content (AvgIpc) is 3.01. The van der Waals surface area contributed by atoms with E-state index in [1.54, 1.807) is 10.9 Å². The summed E-state index contributed by atoms with van der Waals surface area (Å²) in [4.78, 5) is 22.9. The highest BCUT2D eigenvalue weighted by molar-refractivity contribution is 5.23. The molecule has 0 spiro atoms. The summed E-state index contributed by atoms with van der Waals surface area (Å²) in [5, 5.41) is 0. The first-order valence-corrected chi connectivity index (χ1v) is 5.34. The molecular formula is C11H12N4O. The Hall–Kier alpha value is -1.91. The van der Waals surface area contributed by atoms with Crippen molar-refractivity contribution in [2.45, 2.75) is 25.7 Å². The number of imidazole rings is 1. The predicted octanol–water partition coefficient (Wildman–Crippen LogP) is 1.14. The molecule has 2 aromatic rings. The number of aromatic amines is 1. The molecule has 1 N–H and O–H groups in total. The number of aryl methyl sites for hydroxylation is 1. The zero-order valence-electron chi connectivity index (χ0n) is 8.97. The molecule has 0 amide bonds. The van der Waals surface area contributed by atoms with E-state index in [1.165, 1.54) is 6.07 Å². The molecule has 0 radical (unpaired) electrons. The summed E-state index contributed by atoms with van der Waals surface area (Å²) >= 11 is 0. The first kappa shape index (κ1) is 9.33. The Bertz CT molecular complexity index is 580. The second kappa shape index (κ2) is 3.30. The summed E-state index contributed by atoms with van der Waals surface area (Å²) < 4.78 is 1.77. The minimum Gasteiger partial charge on any atom is -0.310 e. The number of rotatable bonds is 2. The molecule has 1 saturated carbocycles. The quantitative estimate of drug-likeness (QED) is 0.818. The van der Waals surface area contributed by atoms with E-state index in [1.807, 2.05) is 13.1 Å². The standard InChI is InChI=1S/C11H12N4O/c1-7-5-15(6-12-7)9-4-10(16)14-11(13-9)8-2-3-8/h4-6,8H,2-3H2,1H3,(H,13,14,16). The highest BCUT2D eigenvalue weighted by Gasteiger charge is 2.26. The first-order chi connectivity index (χ1) is 7.72. The van der Waals surface area contributed by atoms with Gasteiger partial charge in [-0.15, -0.1) is 0 Å². The van der Waals surface area contributed by atoms with Crippen LogP contribution in [0.25, 0.3) is 5.82 Å². The van der Waals surface area contributed by atoms with Crippen molar-refractivity contribution in [1.29, 1.82) is 0 Å². The third-order valence-corrected chi connectivity index (χ3v) is 2.69. The molecule has 0 aromatic carbocycles. The molecule has 0 aliphatic heterocycles. The second-order valence-corrected chi connectivity index (χ2v) is 4.19. The largest absolute Gasteiger partial charge is 0.310 e. The maximum absolute atomic E-state index is 11.5. The molecule has 0 saturated heterocycles. The lowest BCUT2D eigenvalue weighted by Gasteiger charge is -2.02. The van der Waals surface area contributed by atoms with Crippen LogP contribution in [0.1, 0.15) is 30.3 Å². The van der Waals surface area contributed by atoms with Crippen molar-refractivity contribution in [3.05, 3.63) is 40.5 Å². The fourth-order valence-corrected chi connectivity index (χ4v) is 1.69. The van der Waals surface area contributed by atoms with Gasteiger partial charge in [-0.3, -0.25) is 9.36 Å². The molecule has 5 nitrogen and oxygen atoms in total. The van der Waals surface area contributed by atoms with E-state index < -0.39 is 0 Å². The third kappa shape index (κ3) is 1.64. The van der Waals surface area contributed by atoms with Gasteiger partial charge in [-0.05, 0) is 19.8 Å². The molecule has 5 heteroatoms. The third-order valence-electron chi connectivity index (χ3n) is 2.69. The van der Waals surface area contributed by atoms with E-state index in [0.717, 1.165) is 24.4 Å². The van der Waals surface area contributed by atoms with Gasteiger partial charge < -0.3 is 4.98 Å². The maximum Gasteiger partial charge on any atom is 0.253 e. The van der Waals surface area contributed by atoms with E-state index >= 15 is 0 Å². The fourth-order valence-electron chi connectivity index (χ4n) is 1.69. The van der Waals surface area contributed by atoms with Crippen molar-refractivity contribution in [1.82, 2.24) is 19.5 Å². The summed E-state index contributed by atoms with van der Waals surface area (Å²) in [6.07, 6.45) is 5.77. The van der Waals surface area contributed by atoms with Gasteiger partial charge in [0, 0.05) is 18.2 Å². The summed E-state index contributed by atoms with van der Waals surface area (Å²) in [6, 6.07) is 1.49. The summed E-state index contributed by atoms with van der Waals surface area (Å²) in [5.41, 5.74) is 0.813. The van der Waals surface area contributed by atoms with Crippen molar-refractivity contribution in [2.24, 2.45) is 0 Å². The molecule has 2 heterocycles. The van der Waals surface area contributed by atoms with E-state index in [2.05, 4.69) is 15.0 Å². The van der Waals surface area contributed by atoms with Crippen LogP contribution in [0.2, 0.25) is 0 Å². The van der Waals surface area contributed by atoms with Crippen LogP contribution in [-0.2, 0) is 0 Å². The highest BCUT2D eigenvalue weighted by Crippen LogP contribution is 2.37. The fraction of sp³-hybridized carbons (Fsp3) is 0.364. The van der Waals surface area contributed by atoms with Gasteiger partial charge in [0.05, 0.1) is 5.69 Å². The van der Waals surface area contributed by atoms with Crippen molar-refractivity contribution >= 4 is 0 Å². The maximum atomic E-state index is 11.5. The lowest BCUT2D eigenvalue weighted by atomic mass is 10.4. The summed E-state index contributed by atoms with van der Waals surface area (Å²) in [7, 11) is 0. The molecule has 0 atom stereocenters. The number of nitrogens with one attached hydrogen (secondary N) is 1. The minimum atomic E-state index is -0.0988. The van der Waals surface area contributed by atoms with Crippen LogP contribution in [0.3, 0.4) is 0 Å². The van der Waals surface area contributed by atoms with Gasteiger partial charge in [0.25, 0.3) is 5.56 Å². The normalized spacial score (nSPS) is 15.3. The smallest absolute Gasteiger partial charge is 0.253 e. The van der Waals surface area contributed by atoms with Crippen LogP contribution in [0.5, 0.6) is 0 Å². The number of hydrogen-bond acceptors (Lipinski definition) is 3. The van der Waals surface area contributed by atoms with Gasteiger partial charge in [0.15, 0.2) is 0 Å². The van der Waals surface area contributed by atoms with Crippen LogP contribution in [0.15, 0.2) is 23.4 Å². The zero-order valence-corrected chi connectivity index (χ0v) is 8.97. The van der Waals surface area contributed by atoms with E-state index in [0.29, 0.717) is 11.7 Å². The average molecular weight is 216 g/mol. The van der Waals surface area contributed by atoms with Crippen LogP contribution in [0, 0.1) is 6.92 Å². The molecule has 2 aromatic heterocycles. The Morgan fingerprint density at radius 3 is 2.94 bits per heavy atom. The molecular weight excluding hydrogens is 204 g/mol. The highest BCUT2D eigenvalue weighted by atomic mass is 16.1. The van der Waals surface area contributed by atoms with Crippen molar-refractivity contribution in [3.8, 4) is 5.82 Å². The first-order valence-electron chi connectivity index (χ1n) is 5.34. The Morgan fingerprint density at radius 2 is 2.31 bits per heavy atom. The Labute approximate surface area is 92.2 Å². The molecule has 0 bridgehead atoms. The molecule has 1 aliphatic rings. The SMILES string of the molecule is Cc1cn(-c2cc(=O)[nH]c(C3CC3)n2)cn1. The van der Waals surface area contributed by atoms with Gasteiger partial charge in [-0.1, -0.05) is 0 Å². The number of hydrogen-bond donors (Lipinski definition) is 1. The van der Waals surface area contributed by atoms with Crippen molar-refractivity contribution < 1.29 is 0 Å². The Kier molecular flexibility index (Phi) is 1.92. The molecule has 1 fully saturated rings. The van der Waals surface area contributed by atoms with E-state index in [-0.39, 0.29) is 5.56 Å². The molecule has 1 aliphatic carbocycles. The topological polar surface area (TPSA) is 63.6 Å². The number of aromatic nitrogens is 4. The lowest BCUT2D eigenvalue weighted by Crippen LogP contribution is -2.12. The van der Waals surface area contributed by atoms with Crippen LogP contribution < -0.4 is 5.56 Å². The van der Waals surface area contributed by atoms with Gasteiger partial charge in [-0.2, -0.15) is 0 Å². The minimum absolute atomic E-state index is 0.0988. The van der Waals surface area contributed by atoms with E-state index in [4.69, 9.17) is 0 Å². The summed E-state index contributed by atoms with van der Waals surface area (Å²) in [5.74, 6) is 1.89. The molecule has 3 rings (SSSR count). The Morgan fingerprint density at radius 1 is 1.50 bits per heavy atom. The lowest BCUT2D eigenvalue weighted by molar-refractivity contribution is 0.863. The van der Waals surface area contributed by atoms with Gasteiger partial charge in [0.2, 0.25) is 0 Å². The van der Waals surface area contributed by atoms with Crippen LogP contribution in [-0.4, -0.2) is 19.5 Å². The van der Waals surface area contributed by atoms with Gasteiger partial charge in [-0.25, -0.2) is 9.97 Å².